The Hall–Kier alpha value is -3.09. The fourth-order valence-corrected chi connectivity index (χ4v) is 3.86. The molecule has 0 spiro atoms. The number of piperidine rings is 1. The molecule has 6 nitrogen and oxygen atoms in total. The monoisotopic (exact) mass is 330 g/mol. The van der Waals surface area contributed by atoms with Crippen LogP contribution in [-0.2, 0) is 0 Å². The minimum Gasteiger partial charge on any atom is -0.343 e. The van der Waals surface area contributed by atoms with Gasteiger partial charge in [0.25, 0.3) is 0 Å². The smallest absolute Gasteiger partial charge is 0.129 e. The van der Waals surface area contributed by atoms with Gasteiger partial charge in [-0.3, -0.25) is 5.10 Å². The van der Waals surface area contributed by atoms with Gasteiger partial charge < -0.3 is 10.6 Å². The molecule has 25 heavy (non-hydrogen) atoms. The van der Waals surface area contributed by atoms with Gasteiger partial charge in [0.1, 0.15) is 5.82 Å². The number of aromatic amines is 1. The fraction of sp³-hybridized carbons (Fsp3) is 0.316. The lowest BCUT2D eigenvalue weighted by Gasteiger charge is -2.33. The molecule has 2 aromatic rings. The second kappa shape index (κ2) is 6.43. The van der Waals surface area contributed by atoms with Crippen LogP contribution in [0.2, 0.25) is 0 Å². The molecule has 6 heteroatoms. The van der Waals surface area contributed by atoms with Gasteiger partial charge in [0, 0.05) is 17.2 Å². The van der Waals surface area contributed by atoms with Crippen molar-refractivity contribution in [1.82, 2.24) is 15.5 Å². The largest absolute Gasteiger partial charge is 0.343 e. The number of fused-ring (bicyclic) bond motifs is 1. The van der Waals surface area contributed by atoms with E-state index < -0.39 is 0 Å². The molecule has 1 atom stereocenters. The van der Waals surface area contributed by atoms with E-state index in [1.165, 1.54) is 0 Å². The molecule has 2 aliphatic heterocycles. The summed E-state index contributed by atoms with van der Waals surface area (Å²) >= 11 is 0. The van der Waals surface area contributed by atoms with Crippen LogP contribution in [0.1, 0.15) is 35.4 Å². The normalized spacial score (nSPS) is 20.3. The maximum Gasteiger partial charge on any atom is 0.129 e. The van der Waals surface area contributed by atoms with E-state index in [4.69, 9.17) is 0 Å². The summed E-state index contributed by atoms with van der Waals surface area (Å²) in [6, 6.07) is 12.2. The van der Waals surface area contributed by atoms with Gasteiger partial charge in [-0.2, -0.15) is 15.6 Å². The molecule has 3 N–H and O–H groups in total. The zero-order valence-corrected chi connectivity index (χ0v) is 13.7. The number of rotatable bonds is 2. The summed E-state index contributed by atoms with van der Waals surface area (Å²) in [5.74, 6) is 0.870. The molecule has 0 bridgehead atoms. The second-order valence-electron chi connectivity index (χ2n) is 6.42. The number of benzene rings is 1. The molecule has 1 fully saturated rings. The van der Waals surface area contributed by atoms with E-state index in [1.54, 1.807) is 12.3 Å². The zero-order valence-electron chi connectivity index (χ0n) is 13.7. The quantitative estimate of drug-likeness (QED) is 0.786. The number of H-pyrrole nitrogens is 1. The van der Waals surface area contributed by atoms with E-state index in [1.807, 2.05) is 18.2 Å². The van der Waals surface area contributed by atoms with Gasteiger partial charge in [-0.25, -0.2) is 0 Å². The average molecular weight is 330 g/mol. The molecule has 4 rings (SSSR count). The molecule has 1 aromatic carbocycles. The Kier molecular flexibility index (Phi) is 3.97. The van der Waals surface area contributed by atoms with E-state index in [0.29, 0.717) is 17.1 Å². The van der Waals surface area contributed by atoms with E-state index >= 15 is 0 Å². The van der Waals surface area contributed by atoms with Gasteiger partial charge in [0.2, 0.25) is 0 Å². The first-order valence-electron chi connectivity index (χ1n) is 8.47. The molecule has 3 heterocycles. The Morgan fingerprint density at radius 1 is 1.04 bits per heavy atom. The summed E-state index contributed by atoms with van der Waals surface area (Å²) in [4.78, 5) is 0. The maximum atomic E-state index is 9.97. The van der Waals surface area contributed by atoms with Crippen LogP contribution in [0, 0.1) is 28.6 Å². The van der Waals surface area contributed by atoms with Crippen molar-refractivity contribution in [2.45, 2.75) is 18.8 Å². The predicted molar refractivity (Wildman–Crippen MR) is 93.4 cm³/mol. The first-order chi connectivity index (χ1) is 12.3. The Labute approximate surface area is 146 Å². The van der Waals surface area contributed by atoms with Crippen LogP contribution < -0.4 is 10.6 Å². The number of aromatic nitrogens is 2. The summed E-state index contributed by atoms with van der Waals surface area (Å²) in [5, 5.41) is 33.4. The SMILES string of the molecule is N#CC1=C(C2CCNCC2)Nc2[nH]ncc2C1c1ccccc1C#N. The summed E-state index contributed by atoms with van der Waals surface area (Å²) in [7, 11) is 0. The van der Waals surface area contributed by atoms with E-state index in [-0.39, 0.29) is 5.92 Å². The molecule has 0 radical (unpaired) electrons. The van der Waals surface area contributed by atoms with Gasteiger partial charge in [-0.15, -0.1) is 0 Å². The van der Waals surface area contributed by atoms with Gasteiger partial charge in [-0.1, -0.05) is 18.2 Å². The van der Waals surface area contributed by atoms with Crippen molar-refractivity contribution in [2.75, 3.05) is 18.4 Å². The number of hydrogen-bond acceptors (Lipinski definition) is 5. The second-order valence-corrected chi connectivity index (χ2v) is 6.42. The van der Waals surface area contributed by atoms with Crippen molar-refractivity contribution >= 4 is 5.82 Å². The topological polar surface area (TPSA) is 100 Å². The van der Waals surface area contributed by atoms with E-state index in [2.05, 4.69) is 33.0 Å². The highest BCUT2D eigenvalue weighted by atomic mass is 15.2. The van der Waals surface area contributed by atoms with Gasteiger partial charge in [-0.05, 0) is 37.6 Å². The Morgan fingerprint density at radius 2 is 1.84 bits per heavy atom. The van der Waals surface area contributed by atoms with Gasteiger partial charge in [0.05, 0.1) is 35.4 Å². The number of hydrogen-bond donors (Lipinski definition) is 3. The molecular formula is C19H18N6. The lowest BCUT2D eigenvalue weighted by molar-refractivity contribution is 0.418. The standard InChI is InChI=1S/C19H18N6/c20-9-13-3-1-2-4-14(13)17-15(10-21)18(12-5-7-22-8-6-12)24-19-16(17)11-23-25-19/h1-4,11-12,17,22H,5-8H2,(H2,23,24,25). The third-order valence-corrected chi connectivity index (χ3v) is 5.08. The Balaban J connectivity index is 1.89. The molecule has 0 saturated carbocycles. The predicted octanol–water partition coefficient (Wildman–Crippen LogP) is 2.62. The van der Waals surface area contributed by atoms with Gasteiger partial charge in [0.15, 0.2) is 0 Å². The summed E-state index contributed by atoms with van der Waals surface area (Å²) < 4.78 is 0. The molecular weight excluding hydrogens is 312 g/mol. The number of anilines is 1. The van der Waals surface area contributed by atoms with Crippen molar-refractivity contribution in [3.63, 3.8) is 0 Å². The minimum atomic E-state index is -0.263. The average Bonchev–Trinajstić information content (AvgIpc) is 3.15. The van der Waals surface area contributed by atoms with Crippen LogP contribution in [0.5, 0.6) is 0 Å². The summed E-state index contributed by atoms with van der Waals surface area (Å²) in [6.07, 6.45) is 3.73. The van der Waals surface area contributed by atoms with Crippen LogP contribution in [0.15, 0.2) is 41.7 Å². The van der Waals surface area contributed by atoms with Crippen molar-refractivity contribution in [2.24, 2.45) is 5.92 Å². The van der Waals surface area contributed by atoms with Crippen molar-refractivity contribution in [3.8, 4) is 12.1 Å². The zero-order chi connectivity index (χ0) is 17.2. The Morgan fingerprint density at radius 3 is 2.60 bits per heavy atom. The highest BCUT2D eigenvalue weighted by Gasteiger charge is 2.35. The van der Waals surface area contributed by atoms with Crippen LogP contribution in [-0.4, -0.2) is 23.3 Å². The number of nitriles is 2. The van der Waals surface area contributed by atoms with Crippen molar-refractivity contribution < 1.29 is 0 Å². The van der Waals surface area contributed by atoms with Crippen LogP contribution in [0.3, 0.4) is 0 Å². The lowest BCUT2D eigenvalue weighted by Crippen LogP contribution is -2.32. The van der Waals surface area contributed by atoms with Crippen LogP contribution in [0.25, 0.3) is 0 Å². The summed E-state index contributed by atoms with van der Waals surface area (Å²) in [5.41, 5.74) is 4.04. The molecule has 0 aliphatic carbocycles. The van der Waals surface area contributed by atoms with Crippen molar-refractivity contribution in [3.05, 3.63) is 58.4 Å². The first-order valence-corrected chi connectivity index (χ1v) is 8.47. The number of nitrogens with zero attached hydrogens (tertiary/aromatic N) is 3. The fourth-order valence-electron chi connectivity index (χ4n) is 3.86. The third-order valence-electron chi connectivity index (χ3n) is 5.08. The molecule has 1 unspecified atom stereocenters. The first kappa shape index (κ1) is 15.4. The molecule has 2 aliphatic rings. The van der Waals surface area contributed by atoms with Crippen molar-refractivity contribution in [1.29, 1.82) is 10.5 Å². The van der Waals surface area contributed by atoms with Gasteiger partial charge >= 0.3 is 0 Å². The third kappa shape index (κ3) is 2.57. The minimum absolute atomic E-state index is 0.263. The summed E-state index contributed by atoms with van der Waals surface area (Å²) in [6.45, 7) is 1.90. The van der Waals surface area contributed by atoms with Crippen LogP contribution in [0.4, 0.5) is 5.82 Å². The van der Waals surface area contributed by atoms with E-state index in [0.717, 1.165) is 48.6 Å². The Bertz CT molecular complexity index is 904. The number of nitrogens with one attached hydrogen (secondary N) is 3. The molecule has 1 saturated heterocycles. The molecule has 0 amide bonds. The molecule has 124 valence electrons. The molecule has 1 aromatic heterocycles. The number of allylic oxidation sites excluding steroid dienone is 2. The maximum absolute atomic E-state index is 9.97. The highest BCUT2D eigenvalue weighted by molar-refractivity contribution is 5.66. The highest BCUT2D eigenvalue weighted by Crippen LogP contribution is 2.44. The lowest BCUT2D eigenvalue weighted by atomic mass is 9.78. The van der Waals surface area contributed by atoms with E-state index in [9.17, 15) is 10.5 Å². The van der Waals surface area contributed by atoms with Crippen LogP contribution >= 0.6 is 0 Å².